The molecule has 0 aliphatic rings. The third-order valence-electron chi connectivity index (χ3n) is 4.73. The van der Waals surface area contributed by atoms with Crippen LogP contribution in [-0.2, 0) is 0 Å². The van der Waals surface area contributed by atoms with Crippen molar-refractivity contribution in [1.29, 1.82) is 0 Å². The molecule has 1 atom stereocenters. The number of aromatic nitrogens is 2. The van der Waals surface area contributed by atoms with Gasteiger partial charge in [0.25, 0.3) is 0 Å². The zero-order valence-corrected chi connectivity index (χ0v) is 16.9. The molecule has 0 saturated heterocycles. The Morgan fingerprint density at radius 3 is 2.83 bits per heavy atom. The number of benzene rings is 2. The predicted octanol–water partition coefficient (Wildman–Crippen LogP) is 5.42. The summed E-state index contributed by atoms with van der Waals surface area (Å²) in [7, 11) is 0. The van der Waals surface area contributed by atoms with E-state index < -0.39 is 11.8 Å². The maximum absolute atomic E-state index is 14.0. The number of para-hydroxylation sites is 1. The minimum Gasteiger partial charge on any atom is -0.361 e. The Morgan fingerprint density at radius 1 is 1.17 bits per heavy atom. The first-order valence-corrected chi connectivity index (χ1v) is 9.87. The molecule has 5 nitrogen and oxygen atoms in total. The van der Waals surface area contributed by atoms with Gasteiger partial charge in [-0.2, -0.15) is 0 Å². The van der Waals surface area contributed by atoms with Gasteiger partial charge >= 0.3 is 6.03 Å². The molecule has 7 heteroatoms. The van der Waals surface area contributed by atoms with Crippen LogP contribution in [0.1, 0.15) is 17.0 Å². The molecule has 0 fully saturated rings. The number of pyridine rings is 1. The van der Waals surface area contributed by atoms with Crippen molar-refractivity contribution >= 4 is 38.6 Å². The van der Waals surface area contributed by atoms with E-state index in [0.29, 0.717) is 11.0 Å². The zero-order valence-electron chi connectivity index (χ0n) is 15.3. The van der Waals surface area contributed by atoms with Crippen molar-refractivity contribution in [3.63, 3.8) is 0 Å². The summed E-state index contributed by atoms with van der Waals surface area (Å²) >= 11 is 3.20. The van der Waals surface area contributed by atoms with Crippen molar-refractivity contribution in [3.05, 3.63) is 94.6 Å². The van der Waals surface area contributed by atoms with Gasteiger partial charge in [-0.1, -0.05) is 40.2 Å². The van der Waals surface area contributed by atoms with E-state index in [2.05, 4.69) is 36.5 Å². The first-order valence-electron chi connectivity index (χ1n) is 9.07. The van der Waals surface area contributed by atoms with Gasteiger partial charge in [-0.3, -0.25) is 4.98 Å². The summed E-state index contributed by atoms with van der Waals surface area (Å²) in [5.74, 6) is -0.615. The summed E-state index contributed by atoms with van der Waals surface area (Å²) < 4.78 is 14.6. The maximum Gasteiger partial charge on any atom is 0.319 e. The molecular formula is C22H18BrFN4O. The smallest absolute Gasteiger partial charge is 0.319 e. The number of anilines is 1. The molecule has 4 rings (SSSR count). The van der Waals surface area contributed by atoms with Crippen LogP contribution < -0.4 is 10.6 Å². The number of rotatable bonds is 5. The van der Waals surface area contributed by atoms with Crippen LogP contribution in [-0.4, -0.2) is 22.5 Å². The lowest BCUT2D eigenvalue weighted by molar-refractivity contribution is 0.251. The van der Waals surface area contributed by atoms with Gasteiger partial charge < -0.3 is 15.6 Å². The van der Waals surface area contributed by atoms with Gasteiger partial charge in [-0.25, -0.2) is 9.18 Å². The van der Waals surface area contributed by atoms with Crippen LogP contribution in [0.5, 0.6) is 0 Å². The minimum absolute atomic E-state index is 0.111. The Bertz CT molecular complexity index is 1150. The predicted molar refractivity (Wildman–Crippen MR) is 116 cm³/mol. The van der Waals surface area contributed by atoms with E-state index in [9.17, 15) is 9.18 Å². The summed E-state index contributed by atoms with van der Waals surface area (Å²) in [5.41, 5.74) is 3.18. The van der Waals surface area contributed by atoms with Gasteiger partial charge in [0.1, 0.15) is 5.82 Å². The number of fused-ring (bicyclic) bond motifs is 1. The molecule has 0 spiro atoms. The van der Waals surface area contributed by atoms with Crippen LogP contribution in [0, 0.1) is 5.82 Å². The van der Waals surface area contributed by atoms with Gasteiger partial charge in [0.05, 0.1) is 5.69 Å². The number of halogens is 2. The van der Waals surface area contributed by atoms with E-state index in [0.717, 1.165) is 22.0 Å². The molecule has 3 N–H and O–H groups in total. The van der Waals surface area contributed by atoms with Gasteiger partial charge in [0, 0.05) is 46.4 Å². The molecular weight excluding hydrogens is 435 g/mol. The topological polar surface area (TPSA) is 69.8 Å². The highest BCUT2D eigenvalue weighted by Gasteiger charge is 2.19. The highest BCUT2D eigenvalue weighted by atomic mass is 79.9. The zero-order chi connectivity index (χ0) is 20.2. The van der Waals surface area contributed by atoms with Gasteiger partial charge in [-0.05, 0) is 41.5 Å². The Kier molecular flexibility index (Phi) is 5.57. The lowest BCUT2D eigenvalue weighted by Gasteiger charge is -2.18. The third kappa shape index (κ3) is 4.30. The first-order chi connectivity index (χ1) is 14.1. The number of hydrogen-bond donors (Lipinski definition) is 3. The van der Waals surface area contributed by atoms with E-state index >= 15 is 0 Å². The fourth-order valence-corrected chi connectivity index (χ4v) is 3.66. The normalized spacial score (nSPS) is 11.9. The molecule has 0 bridgehead atoms. The largest absolute Gasteiger partial charge is 0.361 e. The number of amides is 2. The van der Waals surface area contributed by atoms with E-state index in [1.165, 1.54) is 12.1 Å². The molecule has 4 aromatic rings. The fraction of sp³-hybridized carbons (Fsp3) is 0.0909. The van der Waals surface area contributed by atoms with E-state index in [1.807, 2.05) is 42.6 Å². The molecule has 1 unspecified atom stereocenters. The molecule has 2 aromatic heterocycles. The lowest BCUT2D eigenvalue weighted by atomic mass is 9.92. The van der Waals surface area contributed by atoms with Crippen LogP contribution in [0.25, 0.3) is 10.9 Å². The van der Waals surface area contributed by atoms with Crippen LogP contribution in [0.2, 0.25) is 0 Å². The van der Waals surface area contributed by atoms with Crippen molar-refractivity contribution in [2.24, 2.45) is 0 Å². The summed E-state index contributed by atoms with van der Waals surface area (Å²) in [6.45, 7) is 0.331. The van der Waals surface area contributed by atoms with Crippen molar-refractivity contribution < 1.29 is 9.18 Å². The summed E-state index contributed by atoms with van der Waals surface area (Å²) in [5, 5.41) is 6.50. The minimum atomic E-state index is -0.505. The number of aromatic amines is 1. The molecule has 0 saturated carbocycles. The van der Waals surface area contributed by atoms with Crippen molar-refractivity contribution in [1.82, 2.24) is 15.3 Å². The van der Waals surface area contributed by atoms with Crippen LogP contribution >= 0.6 is 15.9 Å². The quantitative estimate of drug-likeness (QED) is 0.378. The molecule has 2 heterocycles. The highest BCUT2D eigenvalue weighted by molar-refractivity contribution is 9.10. The number of carbonyl (C=O) groups excluding carboxylic acids is 1. The Hall–Kier alpha value is -3.19. The van der Waals surface area contributed by atoms with Gasteiger partial charge in [0.2, 0.25) is 0 Å². The summed E-state index contributed by atoms with van der Waals surface area (Å²) in [6.07, 6.45) is 5.46. The summed E-state index contributed by atoms with van der Waals surface area (Å²) in [6, 6.07) is 15.9. The van der Waals surface area contributed by atoms with E-state index in [1.54, 1.807) is 18.5 Å². The standard InChI is InChI=1S/C22H18BrFN4O/c23-15-7-8-21(19(24)10-15)28-22(29)27-12-17(14-4-3-9-25-11-14)18-13-26-20-6-2-1-5-16(18)20/h1-11,13,17,26H,12H2,(H2,27,28,29). The Morgan fingerprint density at radius 2 is 2.03 bits per heavy atom. The second-order valence-corrected chi connectivity index (χ2v) is 7.50. The van der Waals surface area contributed by atoms with Crippen molar-refractivity contribution in [3.8, 4) is 0 Å². The second-order valence-electron chi connectivity index (χ2n) is 6.59. The average molecular weight is 453 g/mol. The molecule has 0 radical (unpaired) electrons. The molecule has 146 valence electrons. The van der Waals surface area contributed by atoms with Gasteiger partial charge in [-0.15, -0.1) is 0 Å². The Labute approximate surface area is 175 Å². The van der Waals surface area contributed by atoms with Gasteiger partial charge in [0.15, 0.2) is 0 Å². The molecule has 29 heavy (non-hydrogen) atoms. The number of hydrogen-bond acceptors (Lipinski definition) is 2. The monoisotopic (exact) mass is 452 g/mol. The average Bonchev–Trinajstić information content (AvgIpc) is 3.15. The van der Waals surface area contributed by atoms with E-state index in [-0.39, 0.29) is 11.6 Å². The van der Waals surface area contributed by atoms with Crippen LogP contribution in [0.3, 0.4) is 0 Å². The SMILES string of the molecule is O=C(NCC(c1cccnc1)c1c[nH]c2ccccc12)Nc1ccc(Br)cc1F. The Balaban J connectivity index is 1.55. The second kappa shape index (κ2) is 8.45. The first kappa shape index (κ1) is 19.1. The van der Waals surface area contributed by atoms with Crippen molar-refractivity contribution in [2.75, 3.05) is 11.9 Å². The maximum atomic E-state index is 14.0. The molecule has 2 aromatic carbocycles. The number of urea groups is 1. The van der Waals surface area contributed by atoms with Crippen molar-refractivity contribution in [2.45, 2.75) is 5.92 Å². The third-order valence-corrected chi connectivity index (χ3v) is 5.22. The number of H-pyrrole nitrogens is 1. The fourth-order valence-electron chi connectivity index (χ4n) is 3.32. The number of nitrogens with one attached hydrogen (secondary N) is 3. The lowest BCUT2D eigenvalue weighted by Crippen LogP contribution is -2.33. The molecule has 2 amide bonds. The number of nitrogens with zero attached hydrogens (tertiary/aromatic N) is 1. The number of carbonyl (C=O) groups is 1. The molecule has 0 aliphatic carbocycles. The molecule has 0 aliphatic heterocycles. The summed E-state index contributed by atoms with van der Waals surface area (Å²) in [4.78, 5) is 19.9. The van der Waals surface area contributed by atoms with Crippen LogP contribution in [0.15, 0.2) is 77.7 Å². The van der Waals surface area contributed by atoms with E-state index in [4.69, 9.17) is 0 Å². The van der Waals surface area contributed by atoms with Crippen LogP contribution in [0.4, 0.5) is 14.9 Å². The highest BCUT2D eigenvalue weighted by Crippen LogP contribution is 2.30.